The van der Waals surface area contributed by atoms with Crippen molar-refractivity contribution in [3.8, 4) is 0 Å². The Morgan fingerprint density at radius 3 is 2.32 bits per heavy atom. The lowest BCUT2D eigenvalue weighted by molar-refractivity contribution is 0.0963. The maximum absolute atomic E-state index is 11.5. The quantitative estimate of drug-likeness (QED) is 0.378. The van der Waals surface area contributed by atoms with E-state index in [-0.39, 0.29) is 29.9 Å². The van der Waals surface area contributed by atoms with Gasteiger partial charge >= 0.3 is 0 Å². The van der Waals surface area contributed by atoms with Crippen LogP contribution in [0.2, 0.25) is 0 Å². The predicted molar refractivity (Wildman–Crippen MR) is 103 cm³/mol. The van der Waals surface area contributed by atoms with Crippen LogP contribution in [-0.4, -0.2) is 32.5 Å². The molecule has 0 unspecified atom stereocenters. The summed E-state index contributed by atoms with van der Waals surface area (Å²) >= 11 is 0. The lowest BCUT2D eigenvalue weighted by Gasteiger charge is -2.13. The summed E-state index contributed by atoms with van der Waals surface area (Å²) in [5, 5.41) is 9.15. The summed E-state index contributed by atoms with van der Waals surface area (Å²) in [5.74, 6) is 1.40. The molecule has 0 spiro atoms. The Hall–Kier alpha value is -1.31. The third-order valence-electron chi connectivity index (χ3n) is 3.14. The fraction of sp³-hybridized carbons (Fsp3) is 0.500. The Morgan fingerprint density at radius 2 is 1.82 bits per heavy atom. The highest BCUT2D eigenvalue weighted by Gasteiger charge is 2.03. The fourth-order valence-corrected chi connectivity index (χ4v) is 1.80. The number of nitrogens with zero attached hydrogens (tertiary/aromatic N) is 1. The number of rotatable bonds is 6. The van der Waals surface area contributed by atoms with Crippen LogP contribution in [0.3, 0.4) is 0 Å². The van der Waals surface area contributed by atoms with E-state index in [0.717, 1.165) is 24.5 Å². The molecule has 0 fully saturated rings. The van der Waals surface area contributed by atoms with Crippen LogP contribution in [0.1, 0.15) is 36.2 Å². The molecule has 1 rings (SSSR count). The number of carbonyl (C=O) groups excluding carboxylic acids is 1. The summed E-state index contributed by atoms with van der Waals surface area (Å²) < 4.78 is 0. The number of halogens is 1. The molecule has 1 aromatic carbocycles. The number of nitrogens with one attached hydrogen (secondary N) is 3. The van der Waals surface area contributed by atoms with Crippen LogP contribution in [0.5, 0.6) is 0 Å². The molecule has 0 heterocycles. The first-order valence-corrected chi connectivity index (χ1v) is 7.32. The molecule has 0 atom stereocenters. The SMILES string of the molecule is CN=C(NCCC(C)C)NCc1ccc(C(=O)NC)cc1.I. The van der Waals surface area contributed by atoms with Crippen LogP contribution in [-0.2, 0) is 6.54 Å². The van der Waals surface area contributed by atoms with Gasteiger partial charge in [-0.2, -0.15) is 0 Å². The Labute approximate surface area is 150 Å². The van der Waals surface area contributed by atoms with Crippen LogP contribution in [0.15, 0.2) is 29.3 Å². The number of hydrogen-bond donors (Lipinski definition) is 3. The zero-order valence-corrected chi connectivity index (χ0v) is 16.1. The van der Waals surface area contributed by atoms with Crippen LogP contribution in [0, 0.1) is 5.92 Å². The molecular formula is C16H27IN4O. The zero-order chi connectivity index (χ0) is 15.7. The average Bonchev–Trinajstić information content (AvgIpc) is 2.50. The number of amides is 1. The van der Waals surface area contributed by atoms with E-state index >= 15 is 0 Å². The third-order valence-corrected chi connectivity index (χ3v) is 3.14. The van der Waals surface area contributed by atoms with Gasteiger partial charge in [-0.05, 0) is 30.0 Å². The van der Waals surface area contributed by atoms with Crippen molar-refractivity contribution >= 4 is 35.8 Å². The van der Waals surface area contributed by atoms with E-state index in [0.29, 0.717) is 18.0 Å². The highest BCUT2D eigenvalue weighted by atomic mass is 127. The van der Waals surface area contributed by atoms with Crippen molar-refractivity contribution in [2.24, 2.45) is 10.9 Å². The monoisotopic (exact) mass is 418 g/mol. The second-order valence-corrected chi connectivity index (χ2v) is 5.31. The predicted octanol–water partition coefficient (Wildman–Crippen LogP) is 2.38. The van der Waals surface area contributed by atoms with Gasteiger partial charge in [0.2, 0.25) is 0 Å². The van der Waals surface area contributed by atoms with Crippen LogP contribution >= 0.6 is 24.0 Å². The summed E-state index contributed by atoms with van der Waals surface area (Å²) in [7, 11) is 3.39. The van der Waals surface area contributed by atoms with E-state index in [9.17, 15) is 4.79 Å². The molecule has 1 aromatic rings. The molecule has 5 nitrogen and oxygen atoms in total. The molecule has 0 radical (unpaired) electrons. The molecule has 22 heavy (non-hydrogen) atoms. The molecule has 3 N–H and O–H groups in total. The molecular weight excluding hydrogens is 391 g/mol. The van der Waals surface area contributed by atoms with Gasteiger partial charge in [0.25, 0.3) is 5.91 Å². The van der Waals surface area contributed by atoms with Crippen molar-refractivity contribution in [3.63, 3.8) is 0 Å². The van der Waals surface area contributed by atoms with Crippen molar-refractivity contribution in [3.05, 3.63) is 35.4 Å². The van der Waals surface area contributed by atoms with E-state index < -0.39 is 0 Å². The molecule has 6 heteroatoms. The van der Waals surface area contributed by atoms with Gasteiger partial charge in [0.15, 0.2) is 5.96 Å². The summed E-state index contributed by atoms with van der Waals surface area (Å²) in [6.07, 6.45) is 1.11. The molecule has 124 valence electrons. The topological polar surface area (TPSA) is 65.5 Å². The van der Waals surface area contributed by atoms with E-state index in [1.54, 1.807) is 14.1 Å². The van der Waals surface area contributed by atoms with Crippen molar-refractivity contribution < 1.29 is 4.79 Å². The minimum absolute atomic E-state index is 0. The second-order valence-electron chi connectivity index (χ2n) is 5.31. The molecule has 1 amide bonds. The van der Waals surface area contributed by atoms with Crippen molar-refractivity contribution in [1.29, 1.82) is 0 Å². The Morgan fingerprint density at radius 1 is 1.18 bits per heavy atom. The fourth-order valence-electron chi connectivity index (χ4n) is 1.80. The van der Waals surface area contributed by atoms with E-state index in [1.807, 2.05) is 24.3 Å². The molecule has 0 saturated carbocycles. The second kappa shape index (κ2) is 11.3. The van der Waals surface area contributed by atoms with Gasteiger partial charge in [-0.15, -0.1) is 24.0 Å². The van der Waals surface area contributed by atoms with Crippen molar-refractivity contribution in [1.82, 2.24) is 16.0 Å². The molecule has 0 aliphatic heterocycles. The third kappa shape index (κ3) is 7.63. The molecule has 0 bridgehead atoms. The first kappa shape index (κ1) is 20.7. The van der Waals surface area contributed by atoms with Gasteiger partial charge < -0.3 is 16.0 Å². The summed E-state index contributed by atoms with van der Waals surface area (Å²) in [6, 6.07) is 7.54. The molecule has 0 saturated heterocycles. The number of hydrogen-bond acceptors (Lipinski definition) is 2. The normalized spacial score (nSPS) is 10.9. The van der Waals surface area contributed by atoms with Gasteiger partial charge in [-0.25, -0.2) is 0 Å². The average molecular weight is 418 g/mol. The van der Waals surface area contributed by atoms with Gasteiger partial charge in [0.1, 0.15) is 0 Å². The number of aliphatic imine (C=N–C) groups is 1. The highest BCUT2D eigenvalue weighted by molar-refractivity contribution is 14.0. The van der Waals surface area contributed by atoms with Gasteiger partial charge in [-0.3, -0.25) is 9.79 Å². The maximum Gasteiger partial charge on any atom is 0.251 e. The van der Waals surface area contributed by atoms with Crippen LogP contribution in [0.25, 0.3) is 0 Å². The van der Waals surface area contributed by atoms with Crippen molar-refractivity contribution in [2.75, 3.05) is 20.6 Å². The number of guanidine groups is 1. The minimum atomic E-state index is -0.0688. The summed E-state index contributed by atoms with van der Waals surface area (Å²) in [5.41, 5.74) is 1.77. The van der Waals surface area contributed by atoms with Gasteiger partial charge in [-0.1, -0.05) is 26.0 Å². The first-order chi connectivity index (χ1) is 10.1. The summed E-state index contributed by atoms with van der Waals surface area (Å²) in [4.78, 5) is 15.6. The number of carbonyl (C=O) groups is 1. The smallest absolute Gasteiger partial charge is 0.251 e. The Bertz CT molecular complexity index is 472. The summed E-state index contributed by atoms with van der Waals surface area (Å²) in [6.45, 7) is 5.99. The lowest BCUT2D eigenvalue weighted by Crippen LogP contribution is -2.37. The minimum Gasteiger partial charge on any atom is -0.356 e. The molecule has 0 aliphatic carbocycles. The Kier molecular flexibility index (Phi) is 10.6. The molecule has 0 aliphatic rings. The maximum atomic E-state index is 11.5. The molecule has 0 aromatic heterocycles. The van der Waals surface area contributed by atoms with Crippen LogP contribution < -0.4 is 16.0 Å². The lowest BCUT2D eigenvalue weighted by atomic mass is 10.1. The van der Waals surface area contributed by atoms with Gasteiger partial charge in [0, 0.05) is 32.7 Å². The number of benzene rings is 1. The highest BCUT2D eigenvalue weighted by Crippen LogP contribution is 2.04. The van der Waals surface area contributed by atoms with E-state index in [1.165, 1.54) is 0 Å². The van der Waals surface area contributed by atoms with E-state index in [2.05, 4.69) is 34.8 Å². The largest absolute Gasteiger partial charge is 0.356 e. The van der Waals surface area contributed by atoms with Gasteiger partial charge in [0.05, 0.1) is 0 Å². The van der Waals surface area contributed by atoms with Crippen molar-refractivity contribution in [2.45, 2.75) is 26.8 Å². The van der Waals surface area contributed by atoms with Crippen LogP contribution in [0.4, 0.5) is 0 Å². The first-order valence-electron chi connectivity index (χ1n) is 7.32. The Balaban J connectivity index is 0.00000441. The van der Waals surface area contributed by atoms with E-state index in [4.69, 9.17) is 0 Å². The zero-order valence-electron chi connectivity index (χ0n) is 13.8. The standard InChI is InChI=1S/C16H26N4O.HI/c1-12(2)9-10-19-16(18-4)20-11-13-5-7-14(8-6-13)15(21)17-3;/h5-8,12H,9-11H2,1-4H3,(H,17,21)(H2,18,19,20);1H.